The number of amides is 2. The number of ether oxygens (including phenoxy) is 4. The lowest BCUT2D eigenvalue weighted by Crippen LogP contribution is -2.54. The molecule has 4 atom stereocenters. The van der Waals surface area contributed by atoms with Crippen LogP contribution in [0, 0.1) is 10.8 Å². The molecule has 16 heteroatoms. The van der Waals surface area contributed by atoms with Crippen LogP contribution in [-0.4, -0.2) is 65.1 Å². The number of benzene rings is 3. The number of rotatable bonds is 24. The largest absolute Gasteiger partial charge is 0.456 e. The van der Waals surface area contributed by atoms with Crippen molar-refractivity contribution in [3.05, 3.63) is 76.9 Å². The molecule has 4 N–H and O–H groups in total. The highest BCUT2D eigenvalue weighted by Crippen LogP contribution is 2.57. The molecule has 15 nitrogen and oxygen atoms in total. The molecule has 0 aromatic heterocycles. The molecule has 7 rings (SSSR count). The second-order valence-electron chi connectivity index (χ2n) is 24.3. The van der Waals surface area contributed by atoms with Crippen LogP contribution in [0.2, 0.25) is 0 Å². The van der Waals surface area contributed by atoms with E-state index in [1.165, 1.54) is 89.9 Å². The first-order chi connectivity index (χ1) is 36.8. The fourth-order valence-corrected chi connectivity index (χ4v) is 13.3. The van der Waals surface area contributed by atoms with E-state index in [1.807, 2.05) is 26.0 Å². The van der Waals surface area contributed by atoms with E-state index in [-0.39, 0.29) is 45.9 Å². The molecule has 4 aliphatic rings. The quantitative estimate of drug-likeness (QED) is 0.0218. The molecule has 3 aromatic rings. The van der Waals surface area contributed by atoms with Crippen LogP contribution in [0.1, 0.15) is 217 Å². The number of carbonyl (C=O) groups is 3. The van der Waals surface area contributed by atoms with Gasteiger partial charge >= 0.3 is 18.2 Å². The number of thiocarbonyl (C=S) groups is 1. The standard InChI is InChI=1S/C61H82N6O9S/c1-8-9-10-11-12-13-14-15-16-17-18-19-20-21-22-23-30-62-54(77)65-42-24-27-48-47(31-42)53(70)76-61(48)49-28-25-45(73-55(71)66-59(6)36-43(63-40-68)34-57(2,3)38-59)32-51(49)75-52-33-46(26-29-50(52)61)74-56(72)67-60(7)37-44(64-41-69)35-58(4,5)39-60/h24-29,31-33,43-44H,8-23,30,34-39H2,1-7H3,(H,66,71)(H,67,72)(H2,62,65,77). The van der Waals surface area contributed by atoms with Gasteiger partial charge in [0.2, 0.25) is 12.2 Å². The van der Waals surface area contributed by atoms with E-state index in [1.54, 1.807) is 54.6 Å². The molecule has 2 amide bonds. The zero-order chi connectivity index (χ0) is 55.3. The molecule has 2 fully saturated rings. The van der Waals surface area contributed by atoms with Crippen LogP contribution in [0.3, 0.4) is 0 Å². The maximum absolute atomic E-state index is 14.2. The Balaban J connectivity index is 1.02. The second-order valence-corrected chi connectivity index (χ2v) is 24.7. The summed E-state index contributed by atoms with van der Waals surface area (Å²) in [6, 6.07) is 14.6. The Morgan fingerprint density at radius 1 is 0.623 bits per heavy atom. The predicted molar refractivity (Wildman–Crippen MR) is 303 cm³/mol. The number of hydrogen-bond donors (Lipinski definition) is 4. The van der Waals surface area contributed by atoms with Crippen LogP contribution in [0.5, 0.6) is 23.0 Å². The number of nitrogens with zero attached hydrogens (tertiary/aromatic N) is 2. The van der Waals surface area contributed by atoms with Crippen molar-refractivity contribution in [3.8, 4) is 23.0 Å². The van der Waals surface area contributed by atoms with Gasteiger partial charge in [-0.15, -0.1) is 0 Å². The molecule has 2 heterocycles. The summed E-state index contributed by atoms with van der Waals surface area (Å²) in [5.41, 5.74) is -0.977. The Labute approximate surface area is 461 Å². The van der Waals surface area contributed by atoms with Crippen LogP contribution >= 0.6 is 12.2 Å². The number of hydrogen-bond acceptors (Lipinski definition) is 12. The number of carbonyl (C=O) groups excluding carboxylic acids is 5. The van der Waals surface area contributed by atoms with Crippen molar-refractivity contribution in [2.45, 2.75) is 218 Å². The summed E-state index contributed by atoms with van der Waals surface area (Å²) in [5.74, 6) is 0.193. The summed E-state index contributed by atoms with van der Waals surface area (Å²) in [7, 11) is 0. The molecule has 2 saturated carbocycles. The van der Waals surface area contributed by atoms with Crippen molar-refractivity contribution in [3.63, 3.8) is 0 Å². The van der Waals surface area contributed by atoms with Gasteiger partial charge in [-0.3, -0.25) is 0 Å². The number of fused-ring (bicyclic) bond motifs is 6. The highest BCUT2D eigenvalue weighted by molar-refractivity contribution is 7.80. The number of anilines is 1. The average molecular weight is 1080 g/mol. The number of isocyanates is 2. The zero-order valence-electron chi connectivity index (χ0n) is 46.6. The van der Waals surface area contributed by atoms with Crippen LogP contribution < -0.4 is 35.5 Å². The van der Waals surface area contributed by atoms with Gasteiger partial charge < -0.3 is 40.2 Å². The van der Waals surface area contributed by atoms with Crippen LogP contribution in [0.25, 0.3) is 0 Å². The average Bonchev–Trinajstić information content (AvgIpc) is 3.80. The molecule has 2 aliphatic carbocycles. The lowest BCUT2D eigenvalue weighted by atomic mass is 9.67. The van der Waals surface area contributed by atoms with Gasteiger partial charge in [-0.2, -0.15) is 0 Å². The van der Waals surface area contributed by atoms with Crippen LogP contribution in [0.15, 0.2) is 64.6 Å². The lowest BCUT2D eigenvalue weighted by molar-refractivity contribution is 0.0224. The van der Waals surface area contributed by atoms with Crippen molar-refractivity contribution < 1.29 is 42.9 Å². The summed E-state index contributed by atoms with van der Waals surface area (Å²) >= 11 is 5.69. The van der Waals surface area contributed by atoms with E-state index >= 15 is 0 Å². The highest BCUT2D eigenvalue weighted by atomic mass is 32.1. The smallest absolute Gasteiger partial charge is 0.413 e. The van der Waals surface area contributed by atoms with E-state index in [0.717, 1.165) is 19.4 Å². The maximum Gasteiger partial charge on any atom is 0.413 e. The molecule has 77 heavy (non-hydrogen) atoms. The number of esters is 1. The monoisotopic (exact) mass is 1070 g/mol. The van der Waals surface area contributed by atoms with Crippen LogP contribution in [-0.2, 0) is 19.9 Å². The Hall–Kier alpha value is -6.08. The Kier molecular flexibility index (Phi) is 19.8. The lowest BCUT2D eigenvalue weighted by Gasteiger charge is -2.45. The van der Waals surface area contributed by atoms with Gasteiger partial charge in [0.1, 0.15) is 23.0 Å². The van der Waals surface area contributed by atoms with Crippen LogP contribution in [0.4, 0.5) is 15.3 Å². The molecule has 4 unspecified atom stereocenters. The number of aliphatic imine (C=N–C) groups is 2. The number of nitrogens with one attached hydrogen (secondary N) is 4. The molecule has 0 bridgehead atoms. The third-order valence-corrected chi connectivity index (χ3v) is 16.0. The summed E-state index contributed by atoms with van der Waals surface area (Å²) in [6.45, 7) is 15.1. The minimum atomic E-state index is -1.52. The Morgan fingerprint density at radius 2 is 1.06 bits per heavy atom. The zero-order valence-corrected chi connectivity index (χ0v) is 47.4. The third-order valence-electron chi connectivity index (χ3n) is 15.7. The third kappa shape index (κ3) is 15.8. The Morgan fingerprint density at radius 3 is 1.52 bits per heavy atom. The van der Waals surface area contributed by atoms with Gasteiger partial charge in [0, 0.05) is 52.1 Å². The van der Waals surface area contributed by atoms with E-state index in [4.69, 9.17) is 31.2 Å². The fourth-order valence-electron chi connectivity index (χ4n) is 13.1. The first kappa shape index (κ1) is 58.6. The van der Waals surface area contributed by atoms with Gasteiger partial charge in [0.25, 0.3) is 0 Å². The topological polar surface area (TPSA) is 195 Å². The summed E-state index contributed by atoms with van der Waals surface area (Å²) < 4.78 is 24.9. The minimum absolute atomic E-state index is 0.151. The fraction of sp³-hybridized carbons (Fsp3) is 0.607. The molecule has 1 spiro atoms. The van der Waals surface area contributed by atoms with E-state index < -0.39 is 34.8 Å². The summed E-state index contributed by atoms with van der Waals surface area (Å²) in [5, 5.41) is 13.1. The molecule has 416 valence electrons. The highest BCUT2D eigenvalue weighted by Gasteiger charge is 2.54. The summed E-state index contributed by atoms with van der Waals surface area (Å²) in [6.07, 6.45) is 26.4. The van der Waals surface area contributed by atoms with Crippen molar-refractivity contribution in [2.75, 3.05) is 11.9 Å². The van der Waals surface area contributed by atoms with Gasteiger partial charge in [0.05, 0.1) is 17.6 Å². The van der Waals surface area contributed by atoms with Crippen molar-refractivity contribution in [1.29, 1.82) is 0 Å². The van der Waals surface area contributed by atoms with Gasteiger partial charge in [-0.25, -0.2) is 34.0 Å². The molecule has 2 aliphatic heterocycles. The SMILES string of the molecule is CCCCCCCCCCCCCCCCCCNC(=S)Nc1ccc2c(c1)C(=O)OC21c2ccc(OC(=O)NC3(C)CC(N=C=O)CC(C)(C)C3)cc2Oc2cc(OC(=O)NC3(C)CC(N=C=O)CC(C)(C)C3)ccc21. The Bertz CT molecular complexity index is 2580. The maximum atomic E-state index is 14.2. The number of unbranched alkanes of at least 4 members (excludes halogenated alkanes) is 15. The van der Waals surface area contributed by atoms with Gasteiger partial charge in [-0.1, -0.05) is 137 Å². The van der Waals surface area contributed by atoms with Gasteiger partial charge in [0.15, 0.2) is 10.7 Å². The summed E-state index contributed by atoms with van der Waals surface area (Å²) in [4.78, 5) is 71.9. The molecular weight excluding hydrogens is 993 g/mol. The van der Waals surface area contributed by atoms with Crippen molar-refractivity contribution >= 4 is 53.3 Å². The van der Waals surface area contributed by atoms with Crippen molar-refractivity contribution in [2.24, 2.45) is 20.8 Å². The van der Waals surface area contributed by atoms with E-state index in [9.17, 15) is 24.0 Å². The van der Waals surface area contributed by atoms with Gasteiger partial charge in [-0.05, 0) is 118 Å². The molecule has 0 saturated heterocycles. The predicted octanol–water partition coefficient (Wildman–Crippen LogP) is 14.3. The first-order valence-electron chi connectivity index (χ1n) is 28.3. The minimum Gasteiger partial charge on any atom is -0.456 e. The molecule has 3 aromatic carbocycles. The van der Waals surface area contributed by atoms with E-state index in [0.29, 0.717) is 71.6 Å². The molecular formula is C61H82N6O9S. The molecule has 0 radical (unpaired) electrons. The first-order valence-corrected chi connectivity index (χ1v) is 28.7. The van der Waals surface area contributed by atoms with E-state index in [2.05, 4.69) is 65.9 Å². The second kappa shape index (κ2) is 26.0. The normalized spacial score (nSPS) is 23.3. The van der Waals surface area contributed by atoms with Crippen molar-refractivity contribution in [1.82, 2.24) is 16.0 Å².